The summed E-state index contributed by atoms with van der Waals surface area (Å²) >= 11 is 6.18. The van der Waals surface area contributed by atoms with E-state index in [1.54, 1.807) is 18.2 Å². The number of halogens is 1. The summed E-state index contributed by atoms with van der Waals surface area (Å²) < 4.78 is 6.35. The molecule has 1 aliphatic carbocycles. The first-order chi connectivity index (χ1) is 13.9. The number of nitro groups is 1. The molecule has 1 saturated carbocycles. The van der Waals surface area contributed by atoms with Crippen LogP contribution < -0.4 is 4.74 Å². The lowest BCUT2D eigenvalue weighted by atomic mass is 9.95. The molecule has 2 aromatic carbocycles. The monoisotopic (exact) mass is 415 g/mol. The van der Waals surface area contributed by atoms with Gasteiger partial charge in [0.1, 0.15) is 18.0 Å². The number of fused-ring (bicyclic) bond motifs is 2. The summed E-state index contributed by atoms with van der Waals surface area (Å²) in [5.74, 6) is 0.687. The lowest BCUT2D eigenvalue weighted by Crippen LogP contribution is -2.28. The van der Waals surface area contributed by atoms with E-state index in [4.69, 9.17) is 21.2 Å². The van der Waals surface area contributed by atoms with Crippen molar-refractivity contribution >= 4 is 23.0 Å². The average Bonchev–Trinajstić information content (AvgIpc) is 3.42. The summed E-state index contributed by atoms with van der Waals surface area (Å²) in [4.78, 5) is 18.3. The van der Waals surface area contributed by atoms with E-state index in [0.29, 0.717) is 17.4 Å². The smallest absolute Gasteiger partial charge is 0.269 e. The number of nitro benzene ring substituents is 1. The molecule has 0 bridgehead atoms. The molecule has 0 N–H and O–H groups in total. The molecule has 29 heavy (non-hydrogen) atoms. The molecular weight excluding hydrogens is 394 g/mol. The van der Waals surface area contributed by atoms with Crippen molar-refractivity contribution in [3.05, 3.63) is 68.7 Å². The van der Waals surface area contributed by atoms with E-state index in [0.717, 1.165) is 36.2 Å². The molecule has 0 amide bonds. The second-order valence-corrected chi connectivity index (χ2v) is 8.10. The quantitative estimate of drug-likeness (QED) is 0.384. The predicted octanol–water partition coefficient (Wildman–Crippen LogP) is 4.23. The van der Waals surface area contributed by atoms with Crippen LogP contribution in [0.5, 0.6) is 5.75 Å². The van der Waals surface area contributed by atoms with Gasteiger partial charge in [-0.05, 0) is 56.4 Å². The van der Waals surface area contributed by atoms with Crippen LogP contribution in [0.2, 0.25) is 5.02 Å². The Labute approximate surface area is 174 Å². The lowest BCUT2D eigenvalue weighted by molar-refractivity contribution is -0.384. The number of nitrogens with zero attached hydrogens (tertiary/aromatic N) is 3. The van der Waals surface area contributed by atoms with Gasteiger partial charge in [-0.15, -0.1) is 0 Å². The number of non-ortho nitro benzene ring substituents is 1. The van der Waals surface area contributed by atoms with Gasteiger partial charge in [-0.25, -0.2) is 0 Å². The fourth-order valence-electron chi connectivity index (χ4n) is 3.77. The van der Waals surface area contributed by atoms with Gasteiger partial charge in [-0.1, -0.05) is 16.8 Å². The van der Waals surface area contributed by atoms with Gasteiger partial charge in [-0.2, -0.15) is 0 Å². The summed E-state index contributed by atoms with van der Waals surface area (Å²) in [6.07, 6.45) is 1.61. The molecule has 4 rings (SSSR count). The van der Waals surface area contributed by atoms with Crippen molar-refractivity contribution in [2.24, 2.45) is 11.1 Å². The first-order valence-electron chi connectivity index (χ1n) is 9.49. The van der Waals surface area contributed by atoms with Crippen molar-refractivity contribution in [1.82, 2.24) is 4.90 Å². The topological polar surface area (TPSA) is 77.2 Å². The lowest BCUT2D eigenvalue weighted by Gasteiger charge is -2.27. The molecule has 7 nitrogen and oxygen atoms in total. The third-order valence-corrected chi connectivity index (χ3v) is 5.56. The molecular formula is C21H22ClN3O4. The molecule has 2 aromatic rings. The van der Waals surface area contributed by atoms with E-state index in [1.807, 2.05) is 26.2 Å². The number of hydrogen-bond donors (Lipinski definition) is 0. The summed E-state index contributed by atoms with van der Waals surface area (Å²) in [5, 5.41) is 16.0. The highest BCUT2D eigenvalue weighted by atomic mass is 35.5. The van der Waals surface area contributed by atoms with Crippen LogP contribution in [-0.4, -0.2) is 42.8 Å². The Kier molecular flexibility index (Phi) is 5.19. The minimum atomic E-state index is -0.585. The van der Waals surface area contributed by atoms with Crippen LogP contribution in [0.25, 0.3) is 0 Å². The summed E-state index contributed by atoms with van der Waals surface area (Å²) in [6.45, 7) is 1.46. The zero-order chi connectivity index (χ0) is 20.6. The Morgan fingerprint density at radius 2 is 2.07 bits per heavy atom. The van der Waals surface area contributed by atoms with Crippen LogP contribution in [0.4, 0.5) is 5.69 Å². The van der Waals surface area contributed by atoms with Crippen LogP contribution in [0.3, 0.4) is 0 Å². The minimum Gasteiger partial charge on any atom is -0.481 e. The fourth-order valence-corrected chi connectivity index (χ4v) is 3.93. The maximum Gasteiger partial charge on any atom is 0.269 e. The first kappa shape index (κ1) is 19.7. The van der Waals surface area contributed by atoms with Gasteiger partial charge in [0.2, 0.25) is 0 Å². The predicted molar refractivity (Wildman–Crippen MR) is 111 cm³/mol. The van der Waals surface area contributed by atoms with Gasteiger partial charge >= 0.3 is 0 Å². The number of ether oxygens (including phenoxy) is 1. The Bertz CT molecular complexity index is 961. The highest BCUT2D eigenvalue weighted by molar-refractivity contribution is 6.31. The second kappa shape index (κ2) is 7.65. The highest BCUT2D eigenvalue weighted by Gasteiger charge is 2.64. The Morgan fingerprint density at radius 3 is 2.76 bits per heavy atom. The van der Waals surface area contributed by atoms with Crippen molar-refractivity contribution in [3.63, 3.8) is 0 Å². The average molecular weight is 416 g/mol. The van der Waals surface area contributed by atoms with E-state index in [-0.39, 0.29) is 11.6 Å². The Morgan fingerprint density at radius 1 is 1.31 bits per heavy atom. The van der Waals surface area contributed by atoms with Crippen LogP contribution >= 0.6 is 11.6 Å². The molecule has 1 fully saturated rings. The fraction of sp³-hybridized carbons (Fsp3) is 0.381. The van der Waals surface area contributed by atoms with E-state index >= 15 is 0 Å². The zero-order valence-electron chi connectivity index (χ0n) is 16.3. The second-order valence-electron chi connectivity index (χ2n) is 7.66. The van der Waals surface area contributed by atoms with Crippen LogP contribution in [0.1, 0.15) is 24.0 Å². The van der Waals surface area contributed by atoms with E-state index < -0.39 is 10.5 Å². The first-order valence-corrected chi connectivity index (χ1v) is 9.87. The van der Waals surface area contributed by atoms with Gasteiger partial charge < -0.3 is 14.5 Å². The summed E-state index contributed by atoms with van der Waals surface area (Å²) in [7, 11) is 4.04. The third kappa shape index (κ3) is 3.80. The maximum absolute atomic E-state index is 11.0. The van der Waals surface area contributed by atoms with Crippen LogP contribution in [-0.2, 0) is 10.4 Å². The Hall–Kier alpha value is -2.64. The van der Waals surface area contributed by atoms with Crippen molar-refractivity contribution in [1.29, 1.82) is 0 Å². The van der Waals surface area contributed by atoms with Gasteiger partial charge in [0.25, 0.3) is 5.69 Å². The zero-order valence-corrected chi connectivity index (χ0v) is 17.1. The number of oxime groups is 1. The number of benzene rings is 2. The maximum atomic E-state index is 11.0. The highest BCUT2D eigenvalue weighted by Crippen LogP contribution is 2.60. The van der Waals surface area contributed by atoms with Crippen molar-refractivity contribution in [3.8, 4) is 5.75 Å². The molecule has 0 radical (unpaired) electrons. The molecule has 0 aromatic heterocycles. The molecule has 8 heteroatoms. The van der Waals surface area contributed by atoms with Crippen molar-refractivity contribution in [2.75, 3.05) is 27.2 Å². The summed E-state index contributed by atoms with van der Waals surface area (Å²) in [5.41, 5.74) is 2.07. The van der Waals surface area contributed by atoms with E-state index in [2.05, 4.69) is 10.1 Å². The summed E-state index contributed by atoms with van der Waals surface area (Å²) in [6, 6.07) is 12.0. The Balaban J connectivity index is 1.62. The molecule has 2 unspecified atom stereocenters. The van der Waals surface area contributed by atoms with Gasteiger partial charge in [0, 0.05) is 35.7 Å². The molecule has 2 aliphatic rings. The molecule has 0 saturated heterocycles. The van der Waals surface area contributed by atoms with Gasteiger partial charge in [-0.3, -0.25) is 10.1 Å². The number of rotatable bonds is 7. The SMILES string of the molecule is CN(C)CCCON=C1c2ccc(Cl)cc2OC2(c3ccc([N+](=O)[O-])cc3)CC12. The molecule has 152 valence electrons. The molecule has 0 spiro atoms. The van der Waals surface area contributed by atoms with Crippen molar-refractivity contribution < 1.29 is 14.5 Å². The van der Waals surface area contributed by atoms with E-state index in [9.17, 15) is 10.1 Å². The molecule has 1 heterocycles. The van der Waals surface area contributed by atoms with E-state index in [1.165, 1.54) is 12.1 Å². The standard InChI is InChI=1S/C21H22ClN3O4/c1-24(2)10-3-11-28-23-20-17-9-6-15(22)12-19(17)29-21(13-18(20)21)14-4-7-16(8-5-14)25(26)27/h4-9,12,18H,3,10-11,13H2,1-2H3. The molecule has 2 atom stereocenters. The van der Waals surface area contributed by atoms with Crippen molar-refractivity contribution in [2.45, 2.75) is 18.4 Å². The minimum absolute atomic E-state index is 0.0338. The number of hydrogen-bond acceptors (Lipinski definition) is 6. The van der Waals surface area contributed by atoms with Crippen LogP contribution in [0, 0.1) is 16.0 Å². The normalized spacial score (nSPS) is 23.3. The third-order valence-electron chi connectivity index (χ3n) is 5.32. The van der Waals surface area contributed by atoms with Gasteiger partial charge in [0.15, 0.2) is 0 Å². The largest absolute Gasteiger partial charge is 0.481 e. The molecule has 1 aliphatic heterocycles. The van der Waals surface area contributed by atoms with Gasteiger partial charge in [0.05, 0.1) is 16.6 Å². The van der Waals surface area contributed by atoms with Crippen LogP contribution in [0.15, 0.2) is 47.6 Å².